The summed E-state index contributed by atoms with van der Waals surface area (Å²) < 4.78 is 20.6. The van der Waals surface area contributed by atoms with E-state index in [-0.39, 0.29) is 5.82 Å². The van der Waals surface area contributed by atoms with Crippen LogP contribution in [0, 0.1) is 12.7 Å². The quantitative estimate of drug-likeness (QED) is 0.702. The molecule has 96 valence electrons. The standard InChI is InChI=1S/C15H13FN2O/c1-10-14(11-5-3-6-12(16)9-11)17-15-13(19-2)7-4-8-18(10)15/h3-9H,1-2H3. The van der Waals surface area contributed by atoms with Crippen molar-refractivity contribution in [1.82, 2.24) is 9.38 Å². The molecule has 0 radical (unpaired) electrons. The summed E-state index contributed by atoms with van der Waals surface area (Å²) in [6.45, 7) is 1.96. The number of pyridine rings is 1. The van der Waals surface area contributed by atoms with Crippen molar-refractivity contribution < 1.29 is 9.13 Å². The number of rotatable bonds is 2. The molecule has 4 heteroatoms. The summed E-state index contributed by atoms with van der Waals surface area (Å²) in [6, 6.07) is 10.2. The van der Waals surface area contributed by atoms with E-state index in [4.69, 9.17) is 4.74 Å². The van der Waals surface area contributed by atoms with Crippen LogP contribution >= 0.6 is 0 Å². The molecule has 0 fully saturated rings. The van der Waals surface area contributed by atoms with Crippen molar-refractivity contribution in [3.8, 4) is 17.0 Å². The van der Waals surface area contributed by atoms with Crippen LogP contribution in [0.25, 0.3) is 16.9 Å². The number of methoxy groups -OCH3 is 1. The molecule has 2 aromatic heterocycles. The second-order valence-corrected chi connectivity index (χ2v) is 4.33. The lowest BCUT2D eigenvalue weighted by atomic mass is 10.1. The molecule has 0 aliphatic rings. The van der Waals surface area contributed by atoms with Gasteiger partial charge in [-0.2, -0.15) is 0 Å². The zero-order chi connectivity index (χ0) is 13.4. The van der Waals surface area contributed by atoms with E-state index >= 15 is 0 Å². The second-order valence-electron chi connectivity index (χ2n) is 4.33. The van der Waals surface area contributed by atoms with Gasteiger partial charge in [0.1, 0.15) is 5.82 Å². The first-order chi connectivity index (χ1) is 9.20. The Morgan fingerprint density at radius 3 is 2.79 bits per heavy atom. The highest BCUT2D eigenvalue weighted by Gasteiger charge is 2.13. The predicted octanol–water partition coefficient (Wildman–Crippen LogP) is 3.46. The van der Waals surface area contributed by atoms with Crippen LogP contribution in [0.2, 0.25) is 0 Å². The van der Waals surface area contributed by atoms with E-state index in [0.29, 0.717) is 5.75 Å². The van der Waals surface area contributed by atoms with E-state index in [1.807, 2.05) is 35.7 Å². The fourth-order valence-corrected chi connectivity index (χ4v) is 2.23. The lowest BCUT2D eigenvalue weighted by Gasteiger charge is -2.01. The Kier molecular flexibility index (Phi) is 2.71. The number of hydrogen-bond donors (Lipinski definition) is 0. The Morgan fingerprint density at radius 1 is 1.21 bits per heavy atom. The van der Waals surface area contributed by atoms with Crippen LogP contribution in [0.1, 0.15) is 5.69 Å². The molecule has 0 aliphatic heterocycles. The number of nitrogens with zero attached hydrogens (tertiary/aromatic N) is 2. The molecule has 0 atom stereocenters. The van der Waals surface area contributed by atoms with Gasteiger partial charge in [-0.05, 0) is 31.2 Å². The summed E-state index contributed by atoms with van der Waals surface area (Å²) >= 11 is 0. The van der Waals surface area contributed by atoms with Crippen molar-refractivity contribution in [2.75, 3.05) is 7.11 Å². The molecule has 0 amide bonds. The zero-order valence-electron chi connectivity index (χ0n) is 10.7. The first-order valence-corrected chi connectivity index (χ1v) is 5.98. The van der Waals surface area contributed by atoms with Crippen molar-refractivity contribution >= 4 is 5.65 Å². The van der Waals surface area contributed by atoms with E-state index < -0.39 is 0 Å². The summed E-state index contributed by atoms with van der Waals surface area (Å²) in [7, 11) is 1.61. The van der Waals surface area contributed by atoms with E-state index in [2.05, 4.69) is 4.98 Å². The lowest BCUT2D eigenvalue weighted by Crippen LogP contribution is -1.90. The molecular weight excluding hydrogens is 243 g/mol. The average Bonchev–Trinajstić information content (AvgIpc) is 2.76. The van der Waals surface area contributed by atoms with Gasteiger partial charge in [0.15, 0.2) is 11.4 Å². The smallest absolute Gasteiger partial charge is 0.180 e. The molecular formula is C15H13FN2O. The number of imidazole rings is 1. The molecule has 3 aromatic rings. The highest BCUT2D eigenvalue weighted by atomic mass is 19.1. The second kappa shape index (κ2) is 4.39. The number of hydrogen-bond acceptors (Lipinski definition) is 2. The summed E-state index contributed by atoms with van der Waals surface area (Å²) in [6.07, 6.45) is 1.92. The van der Waals surface area contributed by atoms with E-state index in [0.717, 1.165) is 22.6 Å². The zero-order valence-corrected chi connectivity index (χ0v) is 10.7. The minimum Gasteiger partial charge on any atom is -0.493 e. The monoisotopic (exact) mass is 256 g/mol. The summed E-state index contributed by atoms with van der Waals surface area (Å²) in [5.41, 5.74) is 3.23. The minimum atomic E-state index is -0.263. The number of halogens is 1. The van der Waals surface area contributed by atoms with Crippen LogP contribution in [-0.2, 0) is 0 Å². The Labute approximate surface area is 110 Å². The molecule has 19 heavy (non-hydrogen) atoms. The third-order valence-electron chi connectivity index (χ3n) is 3.17. The van der Waals surface area contributed by atoms with Gasteiger partial charge in [0, 0.05) is 17.5 Å². The van der Waals surface area contributed by atoms with E-state index in [1.165, 1.54) is 12.1 Å². The molecule has 0 spiro atoms. The number of ether oxygens (including phenoxy) is 1. The van der Waals surface area contributed by atoms with Crippen LogP contribution < -0.4 is 4.74 Å². The van der Waals surface area contributed by atoms with Crippen LogP contribution in [0.15, 0.2) is 42.6 Å². The van der Waals surface area contributed by atoms with Gasteiger partial charge in [-0.15, -0.1) is 0 Å². The molecule has 0 aliphatic carbocycles. The van der Waals surface area contributed by atoms with Gasteiger partial charge in [0.25, 0.3) is 0 Å². The largest absolute Gasteiger partial charge is 0.493 e. The molecule has 3 nitrogen and oxygen atoms in total. The van der Waals surface area contributed by atoms with Crippen LogP contribution in [0.3, 0.4) is 0 Å². The number of benzene rings is 1. The molecule has 2 heterocycles. The third kappa shape index (κ3) is 1.85. The fraction of sp³-hybridized carbons (Fsp3) is 0.133. The maximum atomic E-state index is 13.3. The van der Waals surface area contributed by atoms with Gasteiger partial charge in [-0.25, -0.2) is 9.37 Å². The normalized spacial score (nSPS) is 10.9. The molecule has 3 rings (SSSR count). The first-order valence-electron chi connectivity index (χ1n) is 5.98. The molecule has 0 saturated carbocycles. The van der Waals surface area contributed by atoms with Gasteiger partial charge in [-0.1, -0.05) is 12.1 Å². The van der Waals surface area contributed by atoms with Gasteiger partial charge < -0.3 is 9.14 Å². The molecule has 0 bridgehead atoms. The van der Waals surface area contributed by atoms with Crippen LogP contribution in [-0.4, -0.2) is 16.5 Å². The van der Waals surface area contributed by atoms with Gasteiger partial charge >= 0.3 is 0 Å². The maximum absolute atomic E-state index is 13.3. The lowest BCUT2D eigenvalue weighted by molar-refractivity contribution is 0.417. The fourth-order valence-electron chi connectivity index (χ4n) is 2.23. The van der Waals surface area contributed by atoms with Crippen molar-refractivity contribution in [2.24, 2.45) is 0 Å². The Morgan fingerprint density at radius 2 is 2.05 bits per heavy atom. The number of aryl methyl sites for hydroxylation is 1. The molecule has 1 aromatic carbocycles. The highest BCUT2D eigenvalue weighted by molar-refractivity contribution is 5.69. The summed E-state index contributed by atoms with van der Waals surface area (Å²) in [4.78, 5) is 4.57. The number of aromatic nitrogens is 2. The summed E-state index contributed by atoms with van der Waals surface area (Å²) in [5.74, 6) is 0.439. The molecule has 0 saturated heterocycles. The van der Waals surface area contributed by atoms with E-state index in [1.54, 1.807) is 13.2 Å². The number of fused-ring (bicyclic) bond motifs is 1. The van der Waals surface area contributed by atoms with E-state index in [9.17, 15) is 4.39 Å². The average molecular weight is 256 g/mol. The van der Waals surface area contributed by atoms with Crippen molar-refractivity contribution in [3.63, 3.8) is 0 Å². The third-order valence-corrected chi connectivity index (χ3v) is 3.17. The predicted molar refractivity (Wildman–Crippen MR) is 71.9 cm³/mol. The highest BCUT2D eigenvalue weighted by Crippen LogP contribution is 2.28. The van der Waals surface area contributed by atoms with Crippen molar-refractivity contribution in [3.05, 3.63) is 54.1 Å². The van der Waals surface area contributed by atoms with Gasteiger partial charge in [0.05, 0.1) is 12.8 Å². The minimum absolute atomic E-state index is 0.263. The van der Waals surface area contributed by atoms with Gasteiger partial charge in [0.2, 0.25) is 0 Å². The maximum Gasteiger partial charge on any atom is 0.180 e. The van der Waals surface area contributed by atoms with Crippen LogP contribution in [0.4, 0.5) is 4.39 Å². The van der Waals surface area contributed by atoms with Crippen molar-refractivity contribution in [1.29, 1.82) is 0 Å². The Bertz CT molecular complexity index is 749. The first kappa shape index (κ1) is 11.7. The Balaban J connectivity index is 2.28. The van der Waals surface area contributed by atoms with Crippen molar-refractivity contribution in [2.45, 2.75) is 6.92 Å². The van der Waals surface area contributed by atoms with Crippen LogP contribution in [0.5, 0.6) is 5.75 Å². The topological polar surface area (TPSA) is 26.5 Å². The molecule has 0 unspecified atom stereocenters. The Hall–Kier alpha value is -2.36. The SMILES string of the molecule is COc1cccn2c(C)c(-c3cccc(F)c3)nc12. The molecule has 0 N–H and O–H groups in total. The van der Waals surface area contributed by atoms with Gasteiger partial charge in [-0.3, -0.25) is 0 Å². The summed E-state index contributed by atoms with van der Waals surface area (Å²) in [5, 5.41) is 0.